The summed E-state index contributed by atoms with van der Waals surface area (Å²) in [6, 6.07) is 5.87. The molecule has 0 saturated carbocycles. The highest BCUT2D eigenvalue weighted by molar-refractivity contribution is 9.18. The van der Waals surface area contributed by atoms with E-state index in [9.17, 15) is 4.39 Å². The standard InChI is InChI=1S/C15H6BBr2Cl2F3N2/c17-12-3-1-10-14(7-5-8(19)15(21)9(20)6-7)11-2-4-13(18)25(11)16(22,23)24(10)12/h1-6H. The van der Waals surface area contributed by atoms with Gasteiger partial charge in [0.1, 0.15) is 0 Å². The van der Waals surface area contributed by atoms with E-state index in [0.29, 0.717) is 11.1 Å². The fourth-order valence-corrected chi connectivity index (χ4v) is 4.75. The van der Waals surface area contributed by atoms with Gasteiger partial charge in [0.05, 0.1) is 20.2 Å². The summed E-state index contributed by atoms with van der Waals surface area (Å²) < 4.78 is 46.3. The van der Waals surface area contributed by atoms with Crippen molar-refractivity contribution >= 4 is 72.2 Å². The van der Waals surface area contributed by atoms with Gasteiger partial charge in [-0.25, -0.2) is 4.39 Å². The normalized spacial score (nSPS) is 18.0. The van der Waals surface area contributed by atoms with Gasteiger partial charge in [0.15, 0.2) is 11.5 Å². The van der Waals surface area contributed by atoms with Crippen LogP contribution in [0.2, 0.25) is 10.0 Å². The molecule has 0 saturated heterocycles. The van der Waals surface area contributed by atoms with E-state index in [1.54, 1.807) is 12.1 Å². The number of aromatic nitrogens is 1. The summed E-state index contributed by atoms with van der Waals surface area (Å²) in [5, 5.41) is -0.348. The van der Waals surface area contributed by atoms with E-state index in [2.05, 4.69) is 31.9 Å². The minimum absolute atomic E-state index is 0.174. The van der Waals surface area contributed by atoms with E-state index in [1.807, 2.05) is 0 Å². The van der Waals surface area contributed by atoms with Crippen molar-refractivity contribution in [1.29, 1.82) is 0 Å². The van der Waals surface area contributed by atoms with E-state index in [1.165, 1.54) is 24.3 Å². The van der Waals surface area contributed by atoms with E-state index >= 15 is 8.63 Å². The van der Waals surface area contributed by atoms with Crippen molar-refractivity contribution in [1.82, 2.24) is 4.48 Å². The van der Waals surface area contributed by atoms with Gasteiger partial charge in [0.2, 0.25) is 4.62 Å². The molecule has 0 amide bonds. The van der Waals surface area contributed by atoms with Crippen LogP contribution in [0, 0.1) is 5.82 Å². The molecule has 2 aliphatic heterocycles. The van der Waals surface area contributed by atoms with Crippen molar-refractivity contribution in [3.63, 3.8) is 0 Å². The van der Waals surface area contributed by atoms with Gasteiger partial charge in [-0.2, -0.15) is 0 Å². The van der Waals surface area contributed by atoms with Crippen LogP contribution in [-0.4, -0.2) is 20.6 Å². The van der Waals surface area contributed by atoms with Gasteiger partial charge >= 0.3 is 6.97 Å². The lowest BCUT2D eigenvalue weighted by Gasteiger charge is -2.32. The third kappa shape index (κ3) is 2.41. The van der Waals surface area contributed by atoms with Crippen LogP contribution >= 0.6 is 55.1 Å². The smallest absolute Gasteiger partial charge is 0.389 e. The molecule has 0 atom stereocenters. The Kier molecular flexibility index (Phi) is 4.03. The van der Waals surface area contributed by atoms with Gasteiger partial charge in [-0.3, -0.25) is 0 Å². The lowest BCUT2D eigenvalue weighted by Crippen LogP contribution is -2.50. The molecule has 0 spiro atoms. The maximum absolute atomic E-state index is 15.1. The van der Waals surface area contributed by atoms with Gasteiger partial charge in [0, 0.05) is 33.8 Å². The molecule has 0 aliphatic carbocycles. The molecule has 0 bridgehead atoms. The topological polar surface area (TPSA) is 7.94 Å². The summed E-state index contributed by atoms with van der Waals surface area (Å²) in [5.74, 6) is -0.744. The van der Waals surface area contributed by atoms with Crippen LogP contribution in [0.25, 0.3) is 5.57 Å². The molecule has 25 heavy (non-hydrogen) atoms. The Labute approximate surface area is 167 Å². The molecular formula is C15H6BBr2Cl2F3N2. The number of fused-ring (bicyclic) bond motifs is 2. The Morgan fingerprint density at radius 1 is 1.04 bits per heavy atom. The third-order valence-corrected chi connectivity index (χ3v) is 5.99. The Morgan fingerprint density at radius 2 is 1.68 bits per heavy atom. The van der Waals surface area contributed by atoms with Crippen LogP contribution in [0.3, 0.4) is 0 Å². The van der Waals surface area contributed by atoms with Crippen LogP contribution < -0.4 is 0 Å². The van der Waals surface area contributed by atoms with Crippen LogP contribution in [0.4, 0.5) is 13.0 Å². The largest absolute Gasteiger partial charge is 0.738 e. The molecule has 4 rings (SSSR count). The van der Waals surface area contributed by atoms with Gasteiger partial charge in [-0.1, -0.05) is 23.2 Å². The number of nitrogens with zero attached hydrogens (tertiary/aromatic N) is 2. The summed E-state index contributed by atoms with van der Waals surface area (Å²) in [6.07, 6.45) is 3.11. The zero-order chi connectivity index (χ0) is 18.1. The first kappa shape index (κ1) is 17.5. The molecular weight excluding hydrogens is 507 g/mol. The minimum Gasteiger partial charge on any atom is -0.389 e. The van der Waals surface area contributed by atoms with Gasteiger partial charge < -0.3 is 17.6 Å². The monoisotopic (exact) mass is 510 g/mol. The number of benzene rings is 1. The van der Waals surface area contributed by atoms with Crippen molar-refractivity contribution in [2.75, 3.05) is 0 Å². The average molecular weight is 513 g/mol. The van der Waals surface area contributed by atoms with Crippen LogP contribution in [0.5, 0.6) is 0 Å². The lowest BCUT2D eigenvalue weighted by atomic mass is 9.86. The van der Waals surface area contributed by atoms with Crippen molar-refractivity contribution in [2.24, 2.45) is 0 Å². The fraction of sp³-hybridized carbons (Fsp3) is 0. The number of hydrogen-bond acceptors (Lipinski definition) is 0. The minimum atomic E-state index is -4.11. The summed E-state index contributed by atoms with van der Waals surface area (Å²) in [6.45, 7) is -4.11. The van der Waals surface area contributed by atoms with Crippen molar-refractivity contribution in [3.8, 4) is 0 Å². The number of hydrogen-bond donors (Lipinski definition) is 0. The quantitative estimate of drug-likeness (QED) is 0.324. The highest BCUT2D eigenvalue weighted by Gasteiger charge is 2.54. The summed E-state index contributed by atoms with van der Waals surface area (Å²) in [7, 11) is 0. The first-order valence-corrected chi connectivity index (χ1v) is 9.36. The van der Waals surface area contributed by atoms with Crippen molar-refractivity contribution < 1.29 is 17.5 Å². The zero-order valence-electron chi connectivity index (χ0n) is 12.1. The molecule has 2 aliphatic rings. The Balaban J connectivity index is 2.11. The predicted molar refractivity (Wildman–Crippen MR) is 101 cm³/mol. The molecule has 2 aromatic rings. The molecule has 2 nitrogen and oxygen atoms in total. The molecule has 10 heteroatoms. The Morgan fingerprint density at radius 3 is 2.32 bits per heavy atom. The molecule has 0 fully saturated rings. The SMILES string of the molecule is Fc1c(Cl)cc(C2=C3C=CC(Br)=[N+]3[B-](F)(F)n3c(Br)ccc32)cc1Cl. The maximum Gasteiger partial charge on any atom is 0.738 e. The first-order chi connectivity index (χ1) is 11.7. The van der Waals surface area contributed by atoms with Gasteiger partial charge in [-0.05, 0) is 45.8 Å². The van der Waals surface area contributed by atoms with E-state index in [-0.39, 0.29) is 30.7 Å². The number of halogens is 7. The number of rotatable bonds is 1. The van der Waals surface area contributed by atoms with E-state index < -0.39 is 12.8 Å². The van der Waals surface area contributed by atoms with Crippen LogP contribution in [-0.2, 0) is 0 Å². The van der Waals surface area contributed by atoms with Crippen molar-refractivity contribution in [3.05, 3.63) is 73.8 Å². The molecule has 0 radical (unpaired) electrons. The highest BCUT2D eigenvalue weighted by Crippen LogP contribution is 2.43. The second-order valence-electron chi connectivity index (χ2n) is 5.54. The average Bonchev–Trinajstić information content (AvgIpc) is 3.10. The first-order valence-electron chi connectivity index (χ1n) is 7.02. The lowest BCUT2D eigenvalue weighted by molar-refractivity contribution is -0.358. The molecule has 3 heterocycles. The van der Waals surface area contributed by atoms with Crippen LogP contribution in [0.15, 0.2) is 46.7 Å². The second-order valence-corrected chi connectivity index (χ2v) is 7.98. The van der Waals surface area contributed by atoms with E-state index in [4.69, 9.17) is 23.2 Å². The van der Waals surface area contributed by atoms with Gasteiger partial charge in [0.25, 0.3) is 0 Å². The molecule has 128 valence electrons. The van der Waals surface area contributed by atoms with Crippen LogP contribution in [0.1, 0.15) is 11.3 Å². The molecule has 0 N–H and O–H groups in total. The molecule has 0 unspecified atom stereocenters. The second kappa shape index (κ2) is 5.77. The maximum atomic E-state index is 15.1. The predicted octanol–water partition coefficient (Wildman–Crippen LogP) is 6.07. The van der Waals surface area contributed by atoms with E-state index in [0.717, 1.165) is 8.96 Å². The highest BCUT2D eigenvalue weighted by atomic mass is 79.9. The summed E-state index contributed by atoms with van der Waals surface area (Å²) in [5.41, 5.74) is 1.50. The zero-order valence-corrected chi connectivity index (χ0v) is 16.8. The molecule has 1 aromatic heterocycles. The van der Waals surface area contributed by atoms with Crippen molar-refractivity contribution in [2.45, 2.75) is 0 Å². The Bertz CT molecular complexity index is 1020. The summed E-state index contributed by atoms with van der Waals surface area (Å²) in [4.78, 5) is 0. The third-order valence-electron chi connectivity index (χ3n) is 4.14. The summed E-state index contributed by atoms with van der Waals surface area (Å²) >= 11 is 18.2. The fourth-order valence-electron chi connectivity index (χ4n) is 3.13. The molecule has 1 aromatic carbocycles. The Hall–Kier alpha value is -0.955. The number of allylic oxidation sites excluding steroid dienone is 2. The van der Waals surface area contributed by atoms with Gasteiger partial charge in [-0.15, -0.1) is 0 Å².